The first-order valence-electron chi connectivity index (χ1n) is 5.58. The highest BCUT2D eigenvalue weighted by atomic mass is 79.9. The number of fused-ring (bicyclic) bond motifs is 1. The Hall–Kier alpha value is -1.13. The molecule has 0 unspecified atom stereocenters. The number of nitrogens with one attached hydrogen (secondary N) is 2. The first kappa shape index (κ1) is 12.3. The van der Waals surface area contributed by atoms with Crippen LogP contribution in [-0.4, -0.2) is 18.5 Å². The Morgan fingerprint density at radius 3 is 2.88 bits per heavy atom. The van der Waals surface area contributed by atoms with Crippen LogP contribution in [0.1, 0.15) is 11.1 Å². The van der Waals surface area contributed by atoms with Crippen molar-refractivity contribution >= 4 is 21.8 Å². The molecule has 0 saturated heterocycles. The van der Waals surface area contributed by atoms with Crippen LogP contribution in [0.5, 0.6) is 0 Å². The summed E-state index contributed by atoms with van der Waals surface area (Å²) in [5, 5.41) is 6.08. The van der Waals surface area contributed by atoms with Crippen LogP contribution in [0, 0.1) is 0 Å². The zero-order valence-corrected chi connectivity index (χ0v) is 11.1. The maximum absolute atomic E-state index is 11.9. The monoisotopic (exact) mass is 294 g/mol. The Balaban J connectivity index is 1.97. The number of halogens is 1. The van der Waals surface area contributed by atoms with E-state index in [1.807, 2.05) is 12.1 Å². The molecule has 0 saturated carbocycles. The maximum Gasteiger partial charge on any atom is 0.237 e. The van der Waals surface area contributed by atoms with Gasteiger partial charge in [0, 0.05) is 17.6 Å². The van der Waals surface area contributed by atoms with Crippen molar-refractivity contribution in [1.82, 2.24) is 10.6 Å². The van der Waals surface area contributed by atoms with Gasteiger partial charge in [-0.15, -0.1) is 0 Å². The summed E-state index contributed by atoms with van der Waals surface area (Å²) in [5.41, 5.74) is 2.53. The fraction of sp³-hybridized carbons (Fsp3) is 0.308. The molecule has 0 aromatic heterocycles. The highest BCUT2D eigenvalue weighted by Crippen LogP contribution is 2.16. The molecule has 1 aromatic rings. The number of rotatable bonds is 3. The van der Waals surface area contributed by atoms with Crippen molar-refractivity contribution in [2.45, 2.75) is 19.0 Å². The van der Waals surface area contributed by atoms with E-state index in [1.54, 1.807) is 0 Å². The van der Waals surface area contributed by atoms with Gasteiger partial charge < -0.3 is 10.6 Å². The van der Waals surface area contributed by atoms with Crippen molar-refractivity contribution in [3.63, 3.8) is 0 Å². The molecule has 1 amide bonds. The van der Waals surface area contributed by atoms with Gasteiger partial charge in [0.15, 0.2) is 0 Å². The van der Waals surface area contributed by atoms with Crippen LogP contribution in [0.4, 0.5) is 0 Å². The van der Waals surface area contributed by atoms with E-state index < -0.39 is 0 Å². The topological polar surface area (TPSA) is 41.1 Å². The molecular formula is C13H15BrN2O. The van der Waals surface area contributed by atoms with Gasteiger partial charge in [-0.2, -0.15) is 0 Å². The number of carbonyl (C=O) groups excluding carboxylic acids is 1. The second-order valence-corrected chi connectivity index (χ2v) is 5.26. The SMILES string of the molecule is C=C(Br)CNC(=O)[C@@H]1Cc2ccccc2CN1. The Labute approximate surface area is 109 Å². The smallest absolute Gasteiger partial charge is 0.237 e. The highest BCUT2D eigenvalue weighted by molar-refractivity contribution is 9.11. The van der Waals surface area contributed by atoms with Gasteiger partial charge in [-0.05, 0) is 17.5 Å². The molecule has 1 atom stereocenters. The average Bonchev–Trinajstić information content (AvgIpc) is 2.35. The largest absolute Gasteiger partial charge is 0.350 e. The minimum Gasteiger partial charge on any atom is -0.350 e. The predicted octanol–water partition coefficient (Wildman–Crippen LogP) is 1.73. The molecule has 3 nitrogen and oxygen atoms in total. The lowest BCUT2D eigenvalue weighted by Crippen LogP contribution is -2.47. The normalized spacial score (nSPS) is 18.3. The molecule has 17 heavy (non-hydrogen) atoms. The van der Waals surface area contributed by atoms with E-state index in [-0.39, 0.29) is 11.9 Å². The summed E-state index contributed by atoms with van der Waals surface area (Å²) in [5.74, 6) is 0.0279. The number of amides is 1. The molecule has 1 aromatic carbocycles. The van der Waals surface area contributed by atoms with Crippen molar-refractivity contribution in [3.8, 4) is 0 Å². The summed E-state index contributed by atoms with van der Waals surface area (Å²) in [4.78, 5) is 11.9. The van der Waals surface area contributed by atoms with Crippen LogP contribution in [0.2, 0.25) is 0 Å². The third-order valence-corrected chi connectivity index (χ3v) is 3.13. The van der Waals surface area contributed by atoms with Gasteiger partial charge in [0.2, 0.25) is 5.91 Å². The standard InChI is InChI=1S/C13H15BrN2O/c1-9(14)7-16-13(17)12-6-10-4-2-3-5-11(10)8-15-12/h2-5,12,15H,1,6-8H2,(H,16,17)/t12-/m0/s1. The fourth-order valence-electron chi connectivity index (χ4n) is 1.95. The van der Waals surface area contributed by atoms with E-state index >= 15 is 0 Å². The molecule has 1 aliphatic heterocycles. The summed E-state index contributed by atoms with van der Waals surface area (Å²) in [7, 11) is 0. The minimum absolute atomic E-state index is 0.0279. The first-order valence-corrected chi connectivity index (χ1v) is 6.37. The summed E-state index contributed by atoms with van der Waals surface area (Å²) >= 11 is 3.22. The molecule has 0 bridgehead atoms. The molecule has 1 aliphatic rings. The van der Waals surface area contributed by atoms with E-state index in [9.17, 15) is 4.79 Å². The van der Waals surface area contributed by atoms with Gasteiger partial charge in [-0.25, -0.2) is 0 Å². The fourth-order valence-corrected chi connectivity index (χ4v) is 2.09. The van der Waals surface area contributed by atoms with Crippen LogP contribution in [0.15, 0.2) is 35.3 Å². The minimum atomic E-state index is -0.142. The summed E-state index contributed by atoms with van der Waals surface area (Å²) in [6.45, 7) is 4.91. The molecule has 0 radical (unpaired) electrons. The zero-order valence-electron chi connectivity index (χ0n) is 9.50. The molecular weight excluding hydrogens is 280 g/mol. The van der Waals surface area contributed by atoms with Crippen LogP contribution in [0.3, 0.4) is 0 Å². The summed E-state index contributed by atoms with van der Waals surface area (Å²) in [6.07, 6.45) is 0.747. The number of benzene rings is 1. The van der Waals surface area contributed by atoms with E-state index in [4.69, 9.17) is 0 Å². The molecule has 2 N–H and O–H groups in total. The van der Waals surface area contributed by atoms with Crippen molar-refractivity contribution in [2.24, 2.45) is 0 Å². The van der Waals surface area contributed by atoms with Crippen LogP contribution in [0.25, 0.3) is 0 Å². The summed E-state index contributed by atoms with van der Waals surface area (Å²) in [6, 6.07) is 8.07. The third kappa shape index (κ3) is 3.17. The summed E-state index contributed by atoms with van der Waals surface area (Å²) < 4.78 is 0.780. The lowest BCUT2D eigenvalue weighted by atomic mass is 9.95. The number of hydrogen-bond acceptors (Lipinski definition) is 2. The van der Waals surface area contributed by atoms with Gasteiger partial charge >= 0.3 is 0 Å². The Morgan fingerprint density at radius 2 is 2.18 bits per heavy atom. The number of hydrogen-bond donors (Lipinski definition) is 2. The highest BCUT2D eigenvalue weighted by Gasteiger charge is 2.23. The van der Waals surface area contributed by atoms with Crippen molar-refractivity contribution in [1.29, 1.82) is 0 Å². The first-order chi connectivity index (χ1) is 8.16. The van der Waals surface area contributed by atoms with Crippen LogP contribution >= 0.6 is 15.9 Å². The van der Waals surface area contributed by atoms with Crippen molar-refractivity contribution in [2.75, 3.05) is 6.54 Å². The average molecular weight is 295 g/mol. The lowest BCUT2D eigenvalue weighted by Gasteiger charge is -2.25. The Kier molecular flexibility index (Phi) is 3.97. The second kappa shape index (κ2) is 5.47. The van der Waals surface area contributed by atoms with Gasteiger partial charge in [0.05, 0.1) is 6.04 Å². The molecule has 1 heterocycles. The Bertz CT molecular complexity index is 445. The van der Waals surface area contributed by atoms with Gasteiger partial charge in [-0.3, -0.25) is 4.79 Å². The van der Waals surface area contributed by atoms with E-state index in [1.165, 1.54) is 11.1 Å². The van der Waals surface area contributed by atoms with E-state index in [0.29, 0.717) is 6.54 Å². The number of carbonyl (C=O) groups is 1. The van der Waals surface area contributed by atoms with Crippen LogP contribution < -0.4 is 10.6 Å². The molecule has 0 spiro atoms. The van der Waals surface area contributed by atoms with E-state index in [2.05, 4.69) is 45.3 Å². The molecule has 0 aliphatic carbocycles. The second-order valence-electron chi connectivity index (χ2n) is 4.14. The quantitative estimate of drug-likeness (QED) is 0.891. The Morgan fingerprint density at radius 1 is 1.47 bits per heavy atom. The molecule has 2 rings (SSSR count). The molecule has 4 heteroatoms. The van der Waals surface area contributed by atoms with Gasteiger partial charge in [0.25, 0.3) is 0 Å². The maximum atomic E-state index is 11.9. The molecule has 0 fully saturated rings. The van der Waals surface area contributed by atoms with Crippen LogP contribution in [-0.2, 0) is 17.8 Å². The predicted molar refractivity (Wildman–Crippen MR) is 71.9 cm³/mol. The zero-order chi connectivity index (χ0) is 12.3. The van der Waals surface area contributed by atoms with Gasteiger partial charge in [0.1, 0.15) is 0 Å². The lowest BCUT2D eigenvalue weighted by molar-refractivity contribution is -0.123. The van der Waals surface area contributed by atoms with E-state index in [0.717, 1.165) is 17.4 Å². The van der Waals surface area contributed by atoms with Crippen molar-refractivity contribution < 1.29 is 4.79 Å². The third-order valence-electron chi connectivity index (χ3n) is 2.85. The molecule has 90 valence electrons. The van der Waals surface area contributed by atoms with Gasteiger partial charge in [-0.1, -0.05) is 46.8 Å². The van der Waals surface area contributed by atoms with Crippen molar-refractivity contribution in [3.05, 3.63) is 46.5 Å².